The molecule has 0 atom stereocenters. The summed E-state index contributed by atoms with van der Waals surface area (Å²) in [6, 6.07) is 12.3. The molecule has 0 bridgehead atoms. The minimum absolute atomic E-state index is 0.0380. The Hall–Kier alpha value is -2.36. The molecule has 1 N–H and O–H groups in total. The smallest absolute Gasteiger partial charge is 0.224 e. The molecule has 0 saturated carbocycles. The van der Waals surface area contributed by atoms with Crippen LogP contribution in [0, 0.1) is 5.92 Å². The number of hydrogen-bond donors (Lipinski definition) is 1. The third-order valence-corrected chi connectivity index (χ3v) is 3.79. The molecule has 0 radical (unpaired) electrons. The summed E-state index contributed by atoms with van der Waals surface area (Å²) in [5, 5.41) is 2.89. The molecule has 1 amide bonds. The lowest BCUT2D eigenvalue weighted by Crippen LogP contribution is -2.16. The van der Waals surface area contributed by atoms with Crippen molar-refractivity contribution in [1.82, 2.24) is 4.98 Å². The van der Waals surface area contributed by atoms with Crippen LogP contribution in [0.15, 0.2) is 42.6 Å². The van der Waals surface area contributed by atoms with E-state index in [1.807, 2.05) is 26.0 Å². The highest BCUT2D eigenvalue weighted by atomic mass is 16.1. The molecule has 1 aliphatic rings. The largest absolute Gasteiger partial charge is 0.326 e. The Morgan fingerprint density at radius 3 is 2.82 bits per heavy atom. The molecule has 2 heterocycles. The SMILES string of the molecule is CC(C)CC(=O)Nc1ccc(N2CCc3ccccc32)nc1. The van der Waals surface area contributed by atoms with E-state index in [-0.39, 0.29) is 5.91 Å². The van der Waals surface area contributed by atoms with Gasteiger partial charge in [-0.3, -0.25) is 4.79 Å². The molecule has 1 aromatic heterocycles. The second-order valence-electron chi connectivity index (χ2n) is 6.08. The number of para-hydroxylation sites is 1. The molecule has 114 valence electrons. The molecular formula is C18H21N3O. The molecule has 0 spiro atoms. The van der Waals surface area contributed by atoms with Crippen molar-refractivity contribution in [3.05, 3.63) is 48.2 Å². The van der Waals surface area contributed by atoms with E-state index in [0.29, 0.717) is 12.3 Å². The Kier molecular flexibility index (Phi) is 4.09. The molecule has 2 aromatic rings. The zero-order valence-corrected chi connectivity index (χ0v) is 13.0. The van der Waals surface area contributed by atoms with Crippen molar-refractivity contribution in [1.29, 1.82) is 0 Å². The van der Waals surface area contributed by atoms with E-state index in [2.05, 4.69) is 39.5 Å². The Morgan fingerprint density at radius 2 is 2.09 bits per heavy atom. The first-order valence-corrected chi connectivity index (χ1v) is 7.75. The van der Waals surface area contributed by atoms with Crippen LogP contribution in [0.4, 0.5) is 17.2 Å². The number of carbonyl (C=O) groups excluding carboxylic acids is 1. The highest BCUT2D eigenvalue weighted by Crippen LogP contribution is 2.33. The number of fused-ring (bicyclic) bond motifs is 1. The normalized spacial score (nSPS) is 13.3. The number of anilines is 3. The van der Waals surface area contributed by atoms with Crippen LogP contribution in [-0.2, 0) is 11.2 Å². The van der Waals surface area contributed by atoms with Crippen molar-refractivity contribution in [3.63, 3.8) is 0 Å². The summed E-state index contributed by atoms with van der Waals surface area (Å²) < 4.78 is 0. The second kappa shape index (κ2) is 6.18. The van der Waals surface area contributed by atoms with Gasteiger partial charge in [-0.25, -0.2) is 4.98 Å². The van der Waals surface area contributed by atoms with Gasteiger partial charge in [-0.1, -0.05) is 32.0 Å². The lowest BCUT2D eigenvalue weighted by molar-refractivity contribution is -0.116. The Balaban J connectivity index is 1.72. The number of pyridine rings is 1. The highest BCUT2D eigenvalue weighted by molar-refractivity contribution is 5.90. The fourth-order valence-electron chi connectivity index (χ4n) is 2.78. The minimum Gasteiger partial charge on any atom is -0.326 e. The predicted molar refractivity (Wildman–Crippen MR) is 89.5 cm³/mol. The van der Waals surface area contributed by atoms with Crippen LogP contribution in [0.1, 0.15) is 25.8 Å². The quantitative estimate of drug-likeness (QED) is 0.934. The van der Waals surface area contributed by atoms with E-state index in [1.165, 1.54) is 11.3 Å². The average molecular weight is 295 g/mol. The molecule has 3 rings (SSSR count). The van der Waals surface area contributed by atoms with Crippen LogP contribution in [-0.4, -0.2) is 17.4 Å². The molecule has 0 fully saturated rings. The van der Waals surface area contributed by atoms with Crippen LogP contribution in [0.25, 0.3) is 0 Å². The molecule has 1 aliphatic heterocycles. The molecule has 0 unspecified atom stereocenters. The van der Waals surface area contributed by atoms with Gasteiger partial charge >= 0.3 is 0 Å². The molecule has 22 heavy (non-hydrogen) atoms. The van der Waals surface area contributed by atoms with Gasteiger partial charge in [-0.2, -0.15) is 0 Å². The molecule has 4 nitrogen and oxygen atoms in total. The van der Waals surface area contributed by atoms with Crippen molar-refractivity contribution < 1.29 is 4.79 Å². The first-order chi connectivity index (χ1) is 10.6. The van der Waals surface area contributed by atoms with Crippen molar-refractivity contribution >= 4 is 23.1 Å². The minimum atomic E-state index is 0.0380. The second-order valence-corrected chi connectivity index (χ2v) is 6.08. The maximum atomic E-state index is 11.8. The number of nitrogens with zero attached hydrogens (tertiary/aromatic N) is 2. The Morgan fingerprint density at radius 1 is 1.27 bits per heavy atom. The summed E-state index contributed by atoms with van der Waals surface area (Å²) in [6.07, 6.45) is 3.31. The zero-order chi connectivity index (χ0) is 15.5. The third kappa shape index (κ3) is 3.11. The zero-order valence-electron chi connectivity index (χ0n) is 13.0. The van der Waals surface area contributed by atoms with E-state index in [9.17, 15) is 4.79 Å². The van der Waals surface area contributed by atoms with Gasteiger partial charge < -0.3 is 10.2 Å². The number of hydrogen-bond acceptors (Lipinski definition) is 3. The van der Waals surface area contributed by atoms with E-state index >= 15 is 0 Å². The van der Waals surface area contributed by atoms with Crippen LogP contribution < -0.4 is 10.2 Å². The van der Waals surface area contributed by atoms with Gasteiger partial charge in [-0.05, 0) is 36.1 Å². The van der Waals surface area contributed by atoms with Gasteiger partial charge in [0.1, 0.15) is 5.82 Å². The lowest BCUT2D eigenvalue weighted by Gasteiger charge is -2.18. The van der Waals surface area contributed by atoms with Gasteiger partial charge in [-0.15, -0.1) is 0 Å². The van der Waals surface area contributed by atoms with E-state index < -0.39 is 0 Å². The monoisotopic (exact) mass is 295 g/mol. The fourth-order valence-corrected chi connectivity index (χ4v) is 2.78. The van der Waals surface area contributed by atoms with Crippen LogP contribution in [0.2, 0.25) is 0 Å². The first kappa shape index (κ1) is 14.6. The number of nitrogens with one attached hydrogen (secondary N) is 1. The molecule has 1 aromatic carbocycles. The van der Waals surface area contributed by atoms with Gasteiger partial charge in [0.05, 0.1) is 11.9 Å². The van der Waals surface area contributed by atoms with Crippen molar-refractivity contribution in [2.24, 2.45) is 5.92 Å². The number of aromatic nitrogens is 1. The average Bonchev–Trinajstić information content (AvgIpc) is 2.91. The molecular weight excluding hydrogens is 274 g/mol. The molecule has 4 heteroatoms. The molecule has 0 aliphatic carbocycles. The summed E-state index contributed by atoms with van der Waals surface area (Å²) in [6.45, 7) is 5.02. The van der Waals surface area contributed by atoms with Crippen molar-refractivity contribution in [2.45, 2.75) is 26.7 Å². The number of carbonyl (C=O) groups is 1. The number of amides is 1. The maximum absolute atomic E-state index is 11.8. The fraction of sp³-hybridized carbons (Fsp3) is 0.333. The predicted octanol–water partition coefficient (Wildman–Crippen LogP) is 3.76. The highest BCUT2D eigenvalue weighted by Gasteiger charge is 2.20. The van der Waals surface area contributed by atoms with Crippen LogP contribution in [0.3, 0.4) is 0 Å². The van der Waals surface area contributed by atoms with Crippen LogP contribution >= 0.6 is 0 Å². The van der Waals surface area contributed by atoms with Crippen LogP contribution in [0.5, 0.6) is 0 Å². The lowest BCUT2D eigenvalue weighted by atomic mass is 10.1. The summed E-state index contributed by atoms with van der Waals surface area (Å²) in [5.74, 6) is 1.32. The standard InChI is InChI=1S/C18H21N3O/c1-13(2)11-18(22)20-15-7-8-17(19-12-15)21-10-9-14-5-3-4-6-16(14)21/h3-8,12-13H,9-11H2,1-2H3,(H,20,22). The maximum Gasteiger partial charge on any atom is 0.224 e. The Labute approximate surface area is 131 Å². The Bertz CT molecular complexity index is 664. The van der Waals surface area contributed by atoms with Crippen molar-refractivity contribution in [3.8, 4) is 0 Å². The van der Waals surface area contributed by atoms with Gasteiger partial charge in [0.2, 0.25) is 5.91 Å². The number of benzene rings is 1. The van der Waals surface area contributed by atoms with E-state index in [4.69, 9.17) is 0 Å². The first-order valence-electron chi connectivity index (χ1n) is 7.75. The van der Waals surface area contributed by atoms with Crippen molar-refractivity contribution in [2.75, 3.05) is 16.8 Å². The summed E-state index contributed by atoms with van der Waals surface area (Å²) >= 11 is 0. The van der Waals surface area contributed by atoms with E-state index in [1.54, 1.807) is 6.20 Å². The van der Waals surface area contributed by atoms with E-state index in [0.717, 1.165) is 24.5 Å². The van der Waals surface area contributed by atoms with Gasteiger partial charge in [0, 0.05) is 18.7 Å². The molecule has 0 saturated heterocycles. The topological polar surface area (TPSA) is 45.2 Å². The number of rotatable bonds is 4. The third-order valence-electron chi connectivity index (χ3n) is 3.79. The van der Waals surface area contributed by atoms with Gasteiger partial charge in [0.15, 0.2) is 0 Å². The summed E-state index contributed by atoms with van der Waals surface area (Å²) in [4.78, 5) is 18.5. The van der Waals surface area contributed by atoms with Gasteiger partial charge in [0.25, 0.3) is 0 Å². The summed E-state index contributed by atoms with van der Waals surface area (Å²) in [5.41, 5.74) is 3.34. The summed E-state index contributed by atoms with van der Waals surface area (Å²) in [7, 11) is 0.